The Morgan fingerprint density at radius 3 is 2.25 bits per heavy atom. The van der Waals surface area contributed by atoms with Gasteiger partial charge in [0.2, 0.25) is 0 Å². The summed E-state index contributed by atoms with van der Waals surface area (Å²) in [5, 5.41) is 21.8. The molecule has 0 aliphatic heterocycles. The molecule has 3 unspecified atom stereocenters. The van der Waals surface area contributed by atoms with E-state index in [0.717, 1.165) is 24.7 Å². The van der Waals surface area contributed by atoms with Crippen LogP contribution in [0, 0.1) is 11.3 Å². The van der Waals surface area contributed by atoms with Gasteiger partial charge in [-0.15, -0.1) is 0 Å². The molecule has 3 nitrogen and oxygen atoms in total. The van der Waals surface area contributed by atoms with Crippen LogP contribution in [0.2, 0.25) is 23.7 Å². The standard InChI is InChI=1S/C24H40O3Si/c1-19(2)22(3,4)28(5,6)21-13-15-23(17-26,20-11-8-7-9-12-20)24(21,18-27)14-10-16-25/h7-9,11-12,16,19,21,26-27H,10,13-15,17-18H2,1-6H3. The van der Waals surface area contributed by atoms with Gasteiger partial charge in [-0.2, -0.15) is 0 Å². The lowest BCUT2D eigenvalue weighted by Crippen LogP contribution is -2.57. The molecule has 1 aromatic rings. The predicted molar refractivity (Wildman–Crippen MR) is 119 cm³/mol. The van der Waals surface area contributed by atoms with Crippen LogP contribution in [0.1, 0.15) is 58.9 Å². The van der Waals surface area contributed by atoms with Crippen molar-refractivity contribution in [2.45, 2.75) is 82.5 Å². The number of benzene rings is 1. The number of hydrogen-bond donors (Lipinski definition) is 2. The van der Waals surface area contributed by atoms with Crippen LogP contribution in [0.25, 0.3) is 0 Å². The largest absolute Gasteiger partial charge is 0.396 e. The first-order valence-electron chi connectivity index (χ1n) is 10.8. The predicted octanol–water partition coefficient (Wildman–Crippen LogP) is 5.18. The molecule has 4 heteroatoms. The van der Waals surface area contributed by atoms with Gasteiger partial charge in [-0.3, -0.25) is 0 Å². The van der Waals surface area contributed by atoms with Gasteiger partial charge in [0.25, 0.3) is 0 Å². The molecule has 2 rings (SSSR count). The molecule has 0 bridgehead atoms. The number of carbonyl (C=O) groups excluding carboxylic acids is 1. The van der Waals surface area contributed by atoms with Crippen molar-refractivity contribution in [1.29, 1.82) is 0 Å². The van der Waals surface area contributed by atoms with E-state index in [1.165, 1.54) is 0 Å². The van der Waals surface area contributed by atoms with Gasteiger partial charge in [0.05, 0.1) is 14.7 Å². The molecule has 1 aromatic carbocycles. The molecule has 0 spiro atoms. The third-order valence-electron chi connectivity index (χ3n) is 9.04. The molecule has 0 radical (unpaired) electrons. The van der Waals surface area contributed by atoms with Crippen molar-refractivity contribution in [3.63, 3.8) is 0 Å². The summed E-state index contributed by atoms with van der Waals surface area (Å²) < 4.78 is 0. The molecule has 28 heavy (non-hydrogen) atoms. The van der Waals surface area contributed by atoms with Crippen molar-refractivity contribution in [3.05, 3.63) is 35.9 Å². The number of rotatable bonds is 9. The molecule has 1 aliphatic carbocycles. The molecule has 2 N–H and O–H groups in total. The van der Waals surface area contributed by atoms with E-state index in [1.807, 2.05) is 18.2 Å². The van der Waals surface area contributed by atoms with Crippen LogP contribution in [0.15, 0.2) is 30.3 Å². The third kappa shape index (κ3) is 3.31. The zero-order valence-corrected chi connectivity index (χ0v) is 19.7. The smallest absolute Gasteiger partial charge is 0.120 e. The lowest BCUT2D eigenvalue weighted by atomic mass is 9.60. The first-order valence-corrected chi connectivity index (χ1v) is 13.9. The van der Waals surface area contributed by atoms with Crippen LogP contribution in [0.4, 0.5) is 0 Å². The van der Waals surface area contributed by atoms with Gasteiger partial charge in [0.1, 0.15) is 6.29 Å². The monoisotopic (exact) mass is 404 g/mol. The Morgan fingerprint density at radius 1 is 1.18 bits per heavy atom. The van der Waals surface area contributed by atoms with Crippen molar-refractivity contribution in [3.8, 4) is 0 Å². The van der Waals surface area contributed by atoms with Crippen molar-refractivity contribution in [1.82, 2.24) is 0 Å². The molecule has 0 saturated heterocycles. The summed E-state index contributed by atoms with van der Waals surface area (Å²) in [7, 11) is -1.89. The molecule has 0 heterocycles. The van der Waals surface area contributed by atoms with Gasteiger partial charge >= 0.3 is 0 Å². The maximum absolute atomic E-state index is 11.4. The van der Waals surface area contributed by atoms with E-state index in [1.54, 1.807) is 0 Å². The molecule has 0 aromatic heterocycles. The highest BCUT2D eigenvalue weighted by Crippen LogP contribution is 2.68. The molecule has 1 aliphatic rings. The Morgan fingerprint density at radius 2 is 1.79 bits per heavy atom. The zero-order valence-electron chi connectivity index (χ0n) is 18.7. The molecule has 1 saturated carbocycles. The number of aliphatic hydroxyl groups excluding tert-OH is 2. The van der Waals surface area contributed by atoms with E-state index in [-0.39, 0.29) is 18.3 Å². The number of carbonyl (C=O) groups is 1. The average Bonchev–Trinajstić information content (AvgIpc) is 3.02. The summed E-state index contributed by atoms with van der Waals surface area (Å²) in [4.78, 5) is 11.4. The van der Waals surface area contributed by atoms with E-state index in [2.05, 4.69) is 52.9 Å². The van der Waals surface area contributed by atoms with Crippen LogP contribution < -0.4 is 0 Å². The van der Waals surface area contributed by atoms with Gasteiger partial charge in [0, 0.05) is 23.9 Å². The SMILES string of the molecule is CC(C)C(C)(C)[Si](C)(C)C1CCC(CO)(c2ccccc2)C1(CO)CCC=O. The van der Waals surface area contributed by atoms with Crippen LogP contribution in [0.3, 0.4) is 0 Å². The van der Waals surface area contributed by atoms with Crippen molar-refractivity contribution in [2.24, 2.45) is 11.3 Å². The van der Waals surface area contributed by atoms with E-state index >= 15 is 0 Å². The second-order valence-corrected chi connectivity index (χ2v) is 15.7. The Labute approximate surface area is 172 Å². The normalized spacial score (nSPS) is 28.7. The summed E-state index contributed by atoms with van der Waals surface area (Å²) in [6.07, 6.45) is 3.91. The fraction of sp³-hybridized carbons (Fsp3) is 0.708. The minimum atomic E-state index is -1.89. The van der Waals surface area contributed by atoms with E-state index in [0.29, 0.717) is 24.3 Å². The first-order chi connectivity index (χ1) is 13.1. The van der Waals surface area contributed by atoms with Gasteiger partial charge < -0.3 is 15.0 Å². The maximum atomic E-state index is 11.4. The minimum Gasteiger partial charge on any atom is -0.396 e. The number of aldehydes is 1. The molecule has 158 valence electrons. The van der Waals surface area contributed by atoms with Crippen LogP contribution in [-0.2, 0) is 10.2 Å². The Kier molecular flexibility index (Phi) is 7.00. The Hall–Kier alpha value is -0.973. The zero-order chi connectivity index (χ0) is 21.2. The van der Waals surface area contributed by atoms with Crippen molar-refractivity contribution in [2.75, 3.05) is 13.2 Å². The van der Waals surface area contributed by atoms with Gasteiger partial charge in [-0.1, -0.05) is 77.5 Å². The summed E-state index contributed by atoms with van der Waals surface area (Å²) >= 11 is 0. The van der Waals surface area contributed by atoms with E-state index in [4.69, 9.17) is 0 Å². The van der Waals surface area contributed by atoms with Gasteiger partial charge in [-0.05, 0) is 34.9 Å². The molecule has 0 amide bonds. The quantitative estimate of drug-likeness (QED) is 0.440. The second kappa shape index (κ2) is 8.41. The first kappa shape index (κ1) is 23.3. The second-order valence-electron chi connectivity index (χ2n) is 10.3. The molecular weight excluding hydrogens is 364 g/mol. The molecular formula is C24H40O3Si. The fourth-order valence-electron chi connectivity index (χ4n) is 6.08. The summed E-state index contributed by atoms with van der Waals surface area (Å²) in [5.41, 5.74) is 0.488. The lowest BCUT2D eigenvalue weighted by molar-refractivity contribution is -0.109. The fourth-order valence-corrected chi connectivity index (χ4v) is 11.2. The van der Waals surface area contributed by atoms with Crippen LogP contribution in [0.5, 0.6) is 0 Å². The van der Waals surface area contributed by atoms with Crippen LogP contribution in [-0.4, -0.2) is 37.8 Å². The molecule has 3 atom stereocenters. The van der Waals surface area contributed by atoms with Crippen molar-refractivity contribution >= 4 is 14.4 Å². The Bertz CT molecular complexity index is 655. The highest BCUT2D eigenvalue weighted by atomic mass is 28.3. The summed E-state index contributed by atoms with van der Waals surface area (Å²) in [6.45, 7) is 14.3. The van der Waals surface area contributed by atoms with E-state index < -0.39 is 18.9 Å². The summed E-state index contributed by atoms with van der Waals surface area (Å²) in [6, 6.07) is 10.2. The van der Waals surface area contributed by atoms with Crippen molar-refractivity contribution < 1.29 is 15.0 Å². The Balaban J connectivity index is 2.70. The lowest BCUT2D eigenvalue weighted by Gasteiger charge is -2.56. The van der Waals surface area contributed by atoms with Crippen LogP contribution >= 0.6 is 0 Å². The highest BCUT2D eigenvalue weighted by Gasteiger charge is 2.65. The summed E-state index contributed by atoms with van der Waals surface area (Å²) in [5.74, 6) is 0.539. The number of hydrogen-bond acceptors (Lipinski definition) is 3. The third-order valence-corrected chi connectivity index (χ3v) is 15.5. The molecule has 1 fully saturated rings. The average molecular weight is 405 g/mol. The van der Waals surface area contributed by atoms with E-state index in [9.17, 15) is 15.0 Å². The minimum absolute atomic E-state index is 0.0134. The van der Waals surface area contributed by atoms with Gasteiger partial charge in [0.15, 0.2) is 0 Å². The topological polar surface area (TPSA) is 57.5 Å². The number of aliphatic hydroxyl groups is 2. The maximum Gasteiger partial charge on any atom is 0.120 e. The van der Waals surface area contributed by atoms with Gasteiger partial charge in [-0.25, -0.2) is 0 Å². The highest BCUT2D eigenvalue weighted by molar-refractivity contribution is 6.81.